The maximum atomic E-state index is 12.1. The summed E-state index contributed by atoms with van der Waals surface area (Å²) in [6, 6.07) is 0. The highest BCUT2D eigenvalue weighted by Gasteiger charge is 2.62. The van der Waals surface area contributed by atoms with Crippen LogP contribution in [0.3, 0.4) is 0 Å². The Morgan fingerprint density at radius 1 is 1.21 bits per heavy atom. The molecule has 1 saturated carbocycles. The summed E-state index contributed by atoms with van der Waals surface area (Å²) in [5.41, 5.74) is -0.420. The van der Waals surface area contributed by atoms with Crippen molar-refractivity contribution in [1.82, 2.24) is 0 Å². The van der Waals surface area contributed by atoms with Gasteiger partial charge in [0.1, 0.15) is 5.60 Å². The zero-order valence-corrected chi connectivity index (χ0v) is 12.1. The van der Waals surface area contributed by atoms with Gasteiger partial charge in [-0.3, -0.25) is 4.79 Å². The lowest BCUT2D eigenvalue weighted by Crippen LogP contribution is -2.65. The molecule has 4 nitrogen and oxygen atoms in total. The lowest BCUT2D eigenvalue weighted by Gasteiger charge is -2.54. The van der Waals surface area contributed by atoms with E-state index in [1.54, 1.807) is 7.11 Å². The second-order valence-electron chi connectivity index (χ2n) is 6.37. The molecule has 4 heteroatoms. The molecule has 4 unspecified atom stereocenters. The fraction of sp³-hybridized carbons (Fsp3) is 0.933. The Labute approximate surface area is 114 Å². The summed E-state index contributed by atoms with van der Waals surface area (Å²) in [6.07, 6.45) is 5.10. The summed E-state index contributed by atoms with van der Waals surface area (Å²) in [5, 5.41) is 0. The van der Waals surface area contributed by atoms with Gasteiger partial charge in [-0.05, 0) is 38.5 Å². The van der Waals surface area contributed by atoms with E-state index in [1.807, 2.05) is 6.92 Å². The third-order valence-corrected chi connectivity index (χ3v) is 5.48. The first-order chi connectivity index (χ1) is 9.09. The highest BCUT2D eigenvalue weighted by molar-refractivity contribution is 5.74. The van der Waals surface area contributed by atoms with Gasteiger partial charge >= 0.3 is 5.97 Å². The maximum absolute atomic E-state index is 12.1. The Morgan fingerprint density at radius 3 is 2.74 bits per heavy atom. The fourth-order valence-electron chi connectivity index (χ4n) is 4.45. The summed E-state index contributed by atoms with van der Waals surface area (Å²) < 4.78 is 17.6. The number of carbonyl (C=O) groups is 1. The monoisotopic (exact) mass is 268 g/mol. The first-order valence-corrected chi connectivity index (χ1v) is 7.50. The molecule has 0 N–H and O–H groups in total. The van der Waals surface area contributed by atoms with Gasteiger partial charge in [0.25, 0.3) is 0 Å². The molecule has 108 valence electrons. The molecule has 0 bridgehead atoms. The summed E-state index contributed by atoms with van der Waals surface area (Å²) in [5.74, 6) is 0.461. The number of ether oxygens (including phenoxy) is 3. The molecule has 2 aliphatic heterocycles. The van der Waals surface area contributed by atoms with Gasteiger partial charge in [-0.1, -0.05) is 13.3 Å². The SMILES string of the molecule is CO[C@]12C3CCC[C@H]1C(C)C(=O)OC2OC(C)CC3. The molecule has 0 aromatic rings. The van der Waals surface area contributed by atoms with Crippen molar-refractivity contribution in [3.8, 4) is 0 Å². The number of esters is 1. The molecule has 0 spiro atoms. The van der Waals surface area contributed by atoms with Crippen molar-refractivity contribution in [2.24, 2.45) is 17.8 Å². The number of rotatable bonds is 1. The van der Waals surface area contributed by atoms with Gasteiger partial charge in [0.05, 0.1) is 12.0 Å². The highest BCUT2D eigenvalue weighted by atomic mass is 16.7. The molecule has 1 aliphatic carbocycles. The van der Waals surface area contributed by atoms with Crippen LogP contribution in [-0.2, 0) is 19.0 Å². The van der Waals surface area contributed by atoms with Crippen LogP contribution in [0.5, 0.6) is 0 Å². The van der Waals surface area contributed by atoms with Crippen LogP contribution >= 0.6 is 0 Å². The molecule has 3 fully saturated rings. The van der Waals surface area contributed by atoms with Gasteiger partial charge in [0, 0.05) is 13.0 Å². The summed E-state index contributed by atoms with van der Waals surface area (Å²) in [6.45, 7) is 4.03. The van der Waals surface area contributed by atoms with Gasteiger partial charge in [-0.25, -0.2) is 0 Å². The average molecular weight is 268 g/mol. The summed E-state index contributed by atoms with van der Waals surface area (Å²) in [7, 11) is 1.75. The Balaban J connectivity index is 2.04. The second-order valence-corrected chi connectivity index (χ2v) is 6.37. The molecule has 2 heterocycles. The minimum atomic E-state index is -0.519. The van der Waals surface area contributed by atoms with E-state index < -0.39 is 11.9 Å². The van der Waals surface area contributed by atoms with Crippen molar-refractivity contribution in [2.45, 2.75) is 63.9 Å². The van der Waals surface area contributed by atoms with E-state index in [4.69, 9.17) is 14.2 Å². The van der Waals surface area contributed by atoms with E-state index in [0.717, 1.165) is 25.7 Å². The third kappa shape index (κ3) is 1.83. The van der Waals surface area contributed by atoms with Crippen LogP contribution in [0.25, 0.3) is 0 Å². The van der Waals surface area contributed by atoms with Crippen LogP contribution in [0.15, 0.2) is 0 Å². The zero-order valence-electron chi connectivity index (χ0n) is 12.1. The van der Waals surface area contributed by atoms with Crippen LogP contribution in [0.1, 0.15) is 46.0 Å². The first-order valence-electron chi connectivity index (χ1n) is 7.50. The van der Waals surface area contributed by atoms with Gasteiger partial charge in [-0.15, -0.1) is 0 Å². The molecular weight excluding hydrogens is 244 g/mol. The van der Waals surface area contributed by atoms with E-state index in [9.17, 15) is 4.79 Å². The van der Waals surface area contributed by atoms with Crippen molar-refractivity contribution in [1.29, 1.82) is 0 Å². The van der Waals surface area contributed by atoms with Gasteiger partial charge in [0.15, 0.2) is 0 Å². The van der Waals surface area contributed by atoms with Crippen molar-refractivity contribution in [2.75, 3.05) is 7.11 Å². The van der Waals surface area contributed by atoms with Crippen molar-refractivity contribution in [3.63, 3.8) is 0 Å². The van der Waals surface area contributed by atoms with E-state index in [-0.39, 0.29) is 23.9 Å². The Hall–Kier alpha value is -0.610. The molecule has 0 amide bonds. The van der Waals surface area contributed by atoms with Crippen LogP contribution < -0.4 is 0 Å². The minimum Gasteiger partial charge on any atom is -0.432 e. The van der Waals surface area contributed by atoms with E-state index in [0.29, 0.717) is 5.92 Å². The molecule has 0 radical (unpaired) electrons. The van der Waals surface area contributed by atoms with E-state index >= 15 is 0 Å². The standard InChI is InChI=1S/C15H24O4/c1-9-7-8-11-5-4-6-12-10(2)13(16)19-14(18-9)15(11,12)17-3/h9-12,14H,4-8H2,1-3H3/t9?,10?,11?,12-,14?,15+/m0/s1. The second kappa shape index (κ2) is 4.74. The van der Waals surface area contributed by atoms with Crippen molar-refractivity contribution >= 4 is 5.97 Å². The van der Waals surface area contributed by atoms with E-state index in [1.165, 1.54) is 6.42 Å². The van der Waals surface area contributed by atoms with Crippen LogP contribution in [-0.4, -0.2) is 31.1 Å². The lowest BCUT2D eigenvalue weighted by atomic mass is 9.61. The van der Waals surface area contributed by atoms with Gasteiger partial charge < -0.3 is 14.2 Å². The predicted molar refractivity (Wildman–Crippen MR) is 69.4 cm³/mol. The fourth-order valence-corrected chi connectivity index (χ4v) is 4.45. The molecule has 0 aromatic carbocycles. The minimum absolute atomic E-state index is 0.0870. The quantitative estimate of drug-likeness (QED) is 0.685. The number of hydrogen-bond acceptors (Lipinski definition) is 4. The first kappa shape index (κ1) is 13.4. The van der Waals surface area contributed by atoms with Gasteiger partial charge in [0.2, 0.25) is 6.29 Å². The van der Waals surface area contributed by atoms with Crippen LogP contribution in [0, 0.1) is 17.8 Å². The van der Waals surface area contributed by atoms with Crippen LogP contribution in [0.4, 0.5) is 0 Å². The number of methoxy groups -OCH3 is 1. The largest absolute Gasteiger partial charge is 0.432 e. The molecule has 0 aromatic heterocycles. The topological polar surface area (TPSA) is 44.8 Å². The molecule has 3 rings (SSSR count). The third-order valence-electron chi connectivity index (χ3n) is 5.48. The predicted octanol–water partition coefficient (Wildman–Crippen LogP) is 2.51. The molecule has 2 saturated heterocycles. The van der Waals surface area contributed by atoms with Crippen molar-refractivity contribution < 1.29 is 19.0 Å². The average Bonchev–Trinajstić information content (AvgIpc) is 2.54. The van der Waals surface area contributed by atoms with Crippen molar-refractivity contribution in [3.05, 3.63) is 0 Å². The maximum Gasteiger partial charge on any atom is 0.311 e. The summed E-state index contributed by atoms with van der Waals surface area (Å²) in [4.78, 5) is 12.1. The molecule has 19 heavy (non-hydrogen) atoms. The zero-order chi connectivity index (χ0) is 13.6. The smallest absolute Gasteiger partial charge is 0.311 e. The number of hydrogen-bond donors (Lipinski definition) is 0. The number of carbonyl (C=O) groups excluding carboxylic acids is 1. The normalized spacial score (nSPS) is 50.1. The Kier molecular flexibility index (Phi) is 3.34. The van der Waals surface area contributed by atoms with Gasteiger partial charge in [-0.2, -0.15) is 0 Å². The Morgan fingerprint density at radius 2 is 2.00 bits per heavy atom. The Bertz CT molecular complexity index is 369. The molecule has 6 atom stereocenters. The van der Waals surface area contributed by atoms with E-state index in [2.05, 4.69) is 6.92 Å². The highest BCUT2D eigenvalue weighted by Crippen LogP contribution is 2.53. The molecular formula is C15H24O4. The molecule has 3 aliphatic rings. The van der Waals surface area contributed by atoms with Crippen LogP contribution in [0.2, 0.25) is 0 Å². The summed E-state index contributed by atoms with van der Waals surface area (Å²) >= 11 is 0. The lowest BCUT2D eigenvalue weighted by molar-refractivity contribution is -0.307.